The second-order valence-electron chi connectivity index (χ2n) is 6.47. The molecule has 0 spiro atoms. The highest BCUT2D eigenvalue weighted by Crippen LogP contribution is 2.33. The van der Waals surface area contributed by atoms with Crippen molar-refractivity contribution in [3.63, 3.8) is 0 Å². The predicted molar refractivity (Wildman–Crippen MR) is 104 cm³/mol. The van der Waals surface area contributed by atoms with Crippen LogP contribution in [0, 0.1) is 0 Å². The number of aromatic nitrogens is 2. The van der Waals surface area contributed by atoms with Crippen LogP contribution in [0.3, 0.4) is 0 Å². The number of hydrogen-bond donors (Lipinski definition) is 0. The smallest absolute Gasteiger partial charge is 0.339 e. The van der Waals surface area contributed by atoms with Gasteiger partial charge in [0.05, 0.1) is 30.0 Å². The number of amides is 1. The van der Waals surface area contributed by atoms with Crippen molar-refractivity contribution in [1.29, 1.82) is 0 Å². The van der Waals surface area contributed by atoms with E-state index in [-0.39, 0.29) is 18.9 Å². The standard InChI is InChI=1S/C20H19N3O5S/c1-26-9-8-23(12-17-21-22-19(28-17)16-7-4-10-29-16)18(24)11-15-13-5-2-3-6-14(13)20(25)27-15/h2-7,10,15H,8-9,11-12H2,1H3. The number of methoxy groups -OCH3 is 1. The molecule has 3 aromatic rings. The van der Waals surface area contributed by atoms with Gasteiger partial charge in [-0.05, 0) is 17.5 Å². The van der Waals surface area contributed by atoms with Crippen LogP contribution >= 0.6 is 11.3 Å². The topological polar surface area (TPSA) is 94.8 Å². The van der Waals surface area contributed by atoms with Gasteiger partial charge in [0, 0.05) is 19.2 Å². The van der Waals surface area contributed by atoms with Crippen molar-refractivity contribution in [2.45, 2.75) is 19.1 Å². The Morgan fingerprint density at radius 1 is 1.24 bits per heavy atom. The maximum Gasteiger partial charge on any atom is 0.339 e. The lowest BCUT2D eigenvalue weighted by molar-refractivity contribution is -0.134. The predicted octanol–water partition coefficient (Wildman–Crippen LogP) is 3.07. The number of carbonyl (C=O) groups excluding carboxylic acids is 2. The van der Waals surface area contributed by atoms with Crippen LogP contribution in [0.4, 0.5) is 0 Å². The molecule has 0 fully saturated rings. The molecule has 1 aliphatic rings. The molecule has 0 aliphatic carbocycles. The highest BCUT2D eigenvalue weighted by atomic mass is 32.1. The summed E-state index contributed by atoms with van der Waals surface area (Å²) in [5.74, 6) is 0.168. The van der Waals surface area contributed by atoms with Gasteiger partial charge in [-0.15, -0.1) is 21.5 Å². The van der Waals surface area contributed by atoms with Crippen molar-refractivity contribution < 1.29 is 23.5 Å². The second kappa shape index (κ2) is 8.54. The van der Waals surface area contributed by atoms with Crippen LogP contribution < -0.4 is 0 Å². The summed E-state index contributed by atoms with van der Waals surface area (Å²) in [6.45, 7) is 0.871. The Kier molecular flexibility index (Phi) is 5.68. The zero-order chi connectivity index (χ0) is 20.2. The van der Waals surface area contributed by atoms with E-state index in [0.29, 0.717) is 30.5 Å². The summed E-state index contributed by atoms with van der Waals surface area (Å²) in [6, 6.07) is 10.9. The second-order valence-corrected chi connectivity index (χ2v) is 7.42. The normalized spacial score (nSPS) is 15.2. The summed E-state index contributed by atoms with van der Waals surface area (Å²) >= 11 is 1.50. The Morgan fingerprint density at radius 3 is 2.90 bits per heavy atom. The lowest BCUT2D eigenvalue weighted by Gasteiger charge is -2.22. The van der Waals surface area contributed by atoms with Crippen molar-refractivity contribution in [2.75, 3.05) is 20.3 Å². The molecule has 1 aromatic carbocycles. The van der Waals surface area contributed by atoms with Crippen molar-refractivity contribution in [2.24, 2.45) is 0 Å². The number of thiophene rings is 1. The van der Waals surface area contributed by atoms with Gasteiger partial charge >= 0.3 is 5.97 Å². The minimum atomic E-state index is -0.597. The first-order valence-electron chi connectivity index (χ1n) is 9.08. The molecule has 29 heavy (non-hydrogen) atoms. The molecule has 0 bridgehead atoms. The maximum absolute atomic E-state index is 13.0. The van der Waals surface area contributed by atoms with Crippen LogP contribution in [0.25, 0.3) is 10.8 Å². The Labute approximate surface area is 171 Å². The Morgan fingerprint density at radius 2 is 2.10 bits per heavy atom. The van der Waals surface area contributed by atoms with E-state index in [4.69, 9.17) is 13.9 Å². The molecule has 150 valence electrons. The van der Waals surface area contributed by atoms with E-state index in [0.717, 1.165) is 10.4 Å². The SMILES string of the molecule is COCCN(Cc1nnc(-c2cccs2)o1)C(=O)CC1OC(=O)c2ccccc21. The summed E-state index contributed by atoms with van der Waals surface area (Å²) in [6.07, 6.45) is -0.557. The number of rotatable bonds is 8. The van der Waals surface area contributed by atoms with Crippen LogP contribution in [0.5, 0.6) is 0 Å². The number of cyclic esters (lactones) is 1. The Hall–Kier alpha value is -3.04. The molecule has 9 heteroatoms. The van der Waals surface area contributed by atoms with Gasteiger partial charge in [-0.25, -0.2) is 4.79 Å². The lowest BCUT2D eigenvalue weighted by Crippen LogP contribution is -2.34. The van der Waals surface area contributed by atoms with E-state index in [1.807, 2.05) is 29.6 Å². The molecule has 0 saturated carbocycles. The minimum Gasteiger partial charge on any atom is -0.453 e. The molecule has 0 N–H and O–H groups in total. The number of esters is 1. The van der Waals surface area contributed by atoms with E-state index in [2.05, 4.69) is 10.2 Å². The first-order chi connectivity index (χ1) is 14.2. The maximum atomic E-state index is 13.0. The average Bonchev–Trinajstić information content (AvgIpc) is 3.46. The molecule has 1 atom stereocenters. The monoisotopic (exact) mass is 413 g/mol. The van der Waals surface area contributed by atoms with Gasteiger partial charge in [-0.2, -0.15) is 0 Å². The molecule has 0 saturated heterocycles. The summed E-state index contributed by atoms with van der Waals surface area (Å²) in [5.41, 5.74) is 1.24. The lowest BCUT2D eigenvalue weighted by atomic mass is 10.0. The highest BCUT2D eigenvalue weighted by Gasteiger charge is 2.33. The van der Waals surface area contributed by atoms with Crippen LogP contribution in [0.1, 0.15) is 34.3 Å². The number of benzene rings is 1. The van der Waals surface area contributed by atoms with E-state index >= 15 is 0 Å². The van der Waals surface area contributed by atoms with Crippen molar-refractivity contribution in [3.05, 3.63) is 58.8 Å². The third-order valence-electron chi connectivity index (χ3n) is 4.58. The zero-order valence-electron chi connectivity index (χ0n) is 15.7. The zero-order valence-corrected chi connectivity index (χ0v) is 16.6. The van der Waals surface area contributed by atoms with Gasteiger partial charge in [-0.1, -0.05) is 24.3 Å². The van der Waals surface area contributed by atoms with Gasteiger partial charge < -0.3 is 18.8 Å². The van der Waals surface area contributed by atoms with Crippen LogP contribution in [0.15, 0.2) is 46.2 Å². The van der Waals surface area contributed by atoms with E-state index in [1.54, 1.807) is 24.1 Å². The fourth-order valence-corrected chi connectivity index (χ4v) is 3.78. The molecule has 1 amide bonds. The molecular formula is C20H19N3O5S. The van der Waals surface area contributed by atoms with Gasteiger partial charge in [0.15, 0.2) is 0 Å². The van der Waals surface area contributed by atoms with E-state index in [9.17, 15) is 9.59 Å². The van der Waals surface area contributed by atoms with Gasteiger partial charge in [0.1, 0.15) is 6.10 Å². The first-order valence-corrected chi connectivity index (χ1v) is 9.96. The van der Waals surface area contributed by atoms with E-state index in [1.165, 1.54) is 11.3 Å². The van der Waals surface area contributed by atoms with Crippen LogP contribution in [-0.2, 0) is 20.8 Å². The van der Waals surface area contributed by atoms with Gasteiger partial charge in [-0.3, -0.25) is 4.79 Å². The molecule has 2 aromatic heterocycles. The number of ether oxygens (including phenoxy) is 2. The number of fused-ring (bicyclic) bond motifs is 1. The summed E-state index contributed by atoms with van der Waals surface area (Å²) in [7, 11) is 1.57. The van der Waals surface area contributed by atoms with Crippen LogP contribution in [-0.4, -0.2) is 47.2 Å². The van der Waals surface area contributed by atoms with Crippen molar-refractivity contribution >= 4 is 23.2 Å². The average molecular weight is 413 g/mol. The largest absolute Gasteiger partial charge is 0.453 e. The van der Waals surface area contributed by atoms with Crippen molar-refractivity contribution in [3.8, 4) is 10.8 Å². The third kappa shape index (κ3) is 4.20. The summed E-state index contributed by atoms with van der Waals surface area (Å²) in [5, 5.41) is 10.0. The molecule has 8 nitrogen and oxygen atoms in total. The molecular weight excluding hydrogens is 394 g/mol. The third-order valence-corrected chi connectivity index (χ3v) is 5.44. The molecule has 3 heterocycles. The van der Waals surface area contributed by atoms with E-state index < -0.39 is 12.1 Å². The Bertz CT molecular complexity index is 1000. The fourth-order valence-electron chi connectivity index (χ4n) is 3.13. The summed E-state index contributed by atoms with van der Waals surface area (Å²) < 4.78 is 16.2. The van der Waals surface area contributed by atoms with Crippen LogP contribution in [0.2, 0.25) is 0 Å². The number of hydrogen-bond acceptors (Lipinski definition) is 8. The quantitative estimate of drug-likeness (QED) is 0.524. The molecule has 4 rings (SSSR count). The minimum absolute atomic E-state index is 0.0401. The number of carbonyl (C=O) groups is 2. The Balaban J connectivity index is 1.47. The molecule has 1 unspecified atom stereocenters. The van der Waals surface area contributed by atoms with Gasteiger partial charge in [0.25, 0.3) is 5.89 Å². The van der Waals surface area contributed by atoms with Crippen molar-refractivity contribution in [1.82, 2.24) is 15.1 Å². The van der Waals surface area contributed by atoms with Gasteiger partial charge in [0.2, 0.25) is 11.8 Å². The molecule has 0 radical (unpaired) electrons. The first kappa shape index (κ1) is 19.3. The highest BCUT2D eigenvalue weighted by molar-refractivity contribution is 7.13. The fraction of sp³-hybridized carbons (Fsp3) is 0.300. The number of nitrogens with zero attached hydrogens (tertiary/aromatic N) is 3. The molecule has 1 aliphatic heterocycles. The summed E-state index contributed by atoms with van der Waals surface area (Å²) in [4.78, 5) is 27.4.